The molecule has 1 aromatic heterocycles. The van der Waals surface area contributed by atoms with Crippen LogP contribution in [0.5, 0.6) is 11.5 Å². The first-order chi connectivity index (χ1) is 13.2. The first-order valence-corrected chi connectivity index (χ1v) is 11.0. The number of halogens is 2. The maximum absolute atomic E-state index is 13.3. The SMILES string of the molecule is COc1ccc(S(=O)(=O)n2cc(OCCN(C)C)c3cc(Cl)ccc32)c(Br)c1. The number of hydrogen-bond donors (Lipinski definition) is 0. The Morgan fingerprint density at radius 2 is 1.93 bits per heavy atom. The highest BCUT2D eigenvalue weighted by Crippen LogP contribution is 2.35. The van der Waals surface area contributed by atoms with Gasteiger partial charge in [-0.05, 0) is 66.4 Å². The number of methoxy groups -OCH3 is 1. The number of likely N-dealkylation sites (N-methyl/N-ethyl adjacent to an activating group) is 1. The zero-order chi connectivity index (χ0) is 20.5. The second-order valence-electron chi connectivity index (χ2n) is 6.40. The molecular formula is C19H20BrClN2O4S. The van der Waals surface area contributed by atoms with E-state index < -0.39 is 10.0 Å². The van der Waals surface area contributed by atoms with Crippen molar-refractivity contribution in [2.75, 3.05) is 34.4 Å². The van der Waals surface area contributed by atoms with Crippen molar-refractivity contribution in [1.82, 2.24) is 8.87 Å². The van der Waals surface area contributed by atoms with E-state index in [0.29, 0.717) is 45.0 Å². The monoisotopic (exact) mass is 486 g/mol. The van der Waals surface area contributed by atoms with Crippen molar-refractivity contribution < 1.29 is 17.9 Å². The maximum atomic E-state index is 13.3. The minimum Gasteiger partial charge on any atom is -0.497 e. The Labute approximate surface area is 177 Å². The average molecular weight is 488 g/mol. The highest BCUT2D eigenvalue weighted by atomic mass is 79.9. The molecule has 0 aliphatic carbocycles. The molecule has 9 heteroatoms. The zero-order valence-corrected chi connectivity index (χ0v) is 18.8. The highest BCUT2D eigenvalue weighted by molar-refractivity contribution is 9.10. The van der Waals surface area contributed by atoms with Crippen molar-refractivity contribution in [2.45, 2.75) is 4.90 Å². The molecule has 0 spiro atoms. The fourth-order valence-corrected chi connectivity index (χ4v) is 5.27. The molecule has 3 aromatic rings. The molecule has 0 unspecified atom stereocenters. The largest absolute Gasteiger partial charge is 0.497 e. The van der Waals surface area contributed by atoms with Crippen LogP contribution in [0.15, 0.2) is 52.0 Å². The zero-order valence-electron chi connectivity index (χ0n) is 15.6. The molecule has 3 rings (SSSR count). The number of aromatic nitrogens is 1. The molecule has 0 aliphatic heterocycles. The van der Waals surface area contributed by atoms with E-state index in [1.807, 2.05) is 19.0 Å². The van der Waals surface area contributed by atoms with Crippen molar-refractivity contribution in [3.05, 3.63) is 52.1 Å². The van der Waals surface area contributed by atoms with Crippen molar-refractivity contribution in [1.29, 1.82) is 0 Å². The quantitative estimate of drug-likeness (QED) is 0.499. The lowest BCUT2D eigenvalue weighted by atomic mass is 10.2. The van der Waals surface area contributed by atoms with Gasteiger partial charge in [-0.3, -0.25) is 0 Å². The lowest BCUT2D eigenvalue weighted by molar-refractivity contribution is 0.263. The second kappa shape index (κ2) is 8.32. The Morgan fingerprint density at radius 1 is 1.18 bits per heavy atom. The smallest absolute Gasteiger partial charge is 0.269 e. The minimum atomic E-state index is -3.87. The van der Waals surface area contributed by atoms with Gasteiger partial charge in [0.25, 0.3) is 10.0 Å². The molecule has 6 nitrogen and oxygen atoms in total. The topological polar surface area (TPSA) is 60.8 Å². The molecule has 1 heterocycles. The first-order valence-electron chi connectivity index (χ1n) is 8.41. The predicted molar refractivity (Wildman–Crippen MR) is 114 cm³/mol. The van der Waals surface area contributed by atoms with Crippen LogP contribution in [-0.2, 0) is 10.0 Å². The Bertz CT molecular complexity index is 1110. The first kappa shape index (κ1) is 21.0. The van der Waals surface area contributed by atoms with Crippen molar-refractivity contribution in [2.24, 2.45) is 0 Å². The van der Waals surface area contributed by atoms with E-state index in [1.165, 1.54) is 23.3 Å². The van der Waals surface area contributed by atoms with Crippen molar-refractivity contribution >= 4 is 48.5 Å². The fourth-order valence-electron chi connectivity index (χ4n) is 2.72. The lowest BCUT2D eigenvalue weighted by Gasteiger charge is -2.11. The van der Waals surface area contributed by atoms with Gasteiger partial charge < -0.3 is 14.4 Å². The number of nitrogens with zero attached hydrogens (tertiary/aromatic N) is 2. The molecule has 150 valence electrons. The third kappa shape index (κ3) is 4.15. The Kier molecular flexibility index (Phi) is 6.24. The molecule has 2 aromatic carbocycles. The molecular weight excluding hydrogens is 468 g/mol. The van der Waals surface area contributed by atoms with Crippen LogP contribution in [0.1, 0.15) is 0 Å². The van der Waals surface area contributed by atoms with Gasteiger partial charge in [0.05, 0.1) is 18.8 Å². The summed E-state index contributed by atoms with van der Waals surface area (Å²) in [5, 5.41) is 1.14. The normalized spacial score (nSPS) is 11.9. The highest BCUT2D eigenvalue weighted by Gasteiger charge is 2.24. The van der Waals surface area contributed by atoms with Gasteiger partial charge in [-0.2, -0.15) is 0 Å². The number of benzene rings is 2. The summed E-state index contributed by atoms with van der Waals surface area (Å²) in [6.07, 6.45) is 1.49. The Balaban J connectivity index is 2.11. The van der Waals surface area contributed by atoms with E-state index in [1.54, 1.807) is 30.3 Å². The molecule has 28 heavy (non-hydrogen) atoms. The summed E-state index contributed by atoms with van der Waals surface area (Å²) < 4.78 is 39.3. The second-order valence-corrected chi connectivity index (χ2v) is 9.48. The molecule has 0 saturated heterocycles. The average Bonchev–Trinajstić information content (AvgIpc) is 2.99. The summed E-state index contributed by atoms with van der Waals surface area (Å²) in [4.78, 5) is 2.11. The van der Waals surface area contributed by atoms with E-state index in [0.717, 1.165) is 0 Å². The van der Waals surface area contributed by atoms with Gasteiger partial charge in [0.15, 0.2) is 0 Å². The number of ether oxygens (including phenoxy) is 2. The molecule has 0 aliphatic rings. The van der Waals surface area contributed by atoms with Crippen LogP contribution in [-0.4, -0.2) is 51.6 Å². The molecule has 0 atom stereocenters. The number of rotatable bonds is 7. The van der Waals surface area contributed by atoms with E-state index >= 15 is 0 Å². The van der Waals surface area contributed by atoms with Gasteiger partial charge in [0, 0.05) is 21.4 Å². The Morgan fingerprint density at radius 3 is 2.57 bits per heavy atom. The van der Waals surface area contributed by atoms with E-state index in [9.17, 15) is 8.42 Å². The molecule has 0 fully saturated rings. The third-order valence-corrected chi connectivity index (χ3v) is 7.05. The van der Waals surface area contributed by atoms with Crippen molar-refractivity contribution in [3.63, 3.8) is 0 Å². The van der Waals surface area contributed by atoms with Gasteiger partial charge in [0.2, 0.25) is 0 Å². The Hall–Kier alpha value is -1.74. The summed E-state index contributed by atoms with van der Waals surface area (Å²) in [7, 11) is 1.53. The van der Waals surface area contributed by atoms with Crippen LogP contribution < -0.4 is 9.47 Å². The summed E-state index contributed by atoms with van der Waals surface area (Å²) >= 11 is 9.46. The van der Waals surface area contributed by atoms with E-state index in [2.05, 4.69) is 15.9 Å². The van der Waals surface area contributed by atoms with Gasteiger partial charge in [-0.15, -0.1) is 0 Å². The van der Waals surface area contributed by atoms with Crippen molar-refractivity contribution in [3.8, 4) is 11.5 Å². The standard InChI is InChI=1S/C19H20BrClN2O4S/c1-22(2)8-9-27-18-12-23(17-6-4-13(21)10-15(17)18)28(24,25)19-7-5-14(26-3)11-16(19)20/h4-7,10-12H,8-9H2,1-3H3. The molecule has 0 N–H and O–H groups in total. The maximum Gasteiger partial charge on any atom is 0.269 e. The number of hydrogen-bond acceptors (Lipinski definition) is 5. The van der Waals surface area contributed by atoms with Crippen LogP contribution in [0, 0.1) is 0 Å². The van der Waals surface area contributed by atoms with Gasteiger partial charge in [0.1, 0.15) is 23.0 Å². The molecule has 0 amide bonds. The summed E-state index contributed by atoms with van der Waals surface area (Å²) in [5.41, 5.74) is 0.493. The number of fused-ring (bicyclic) bond motifs is 1. The molecule has 0 saturated carbocycles. The van der Waals surface area contributed by atoms with Crippen LogP contribution in [0.3, 0.4) is 0 Å². The predicted octanol–water partition coefficient (Wildman–Crippen LogP) is 4.24. The van der Waals surface area contributed by atoms with Gasteiger partial charge >= 0.3 is 0 Å². The van der Waals surface area contributed by atoms with Gasteiger partial charge in [-0.1, -0.05) is 11.6 Å². The van der Waals surface area contributed by atoms with Crippen LogP contribution in [0.2, 0.25) is 5.02 Å². The van der Waals surface area contributed by atoms with Gasteiger partial charge in [-0.25, -0.2) is 12.4 Å². The fraction of sp³-hybridized carbons (Fsp3) is 0.263. The third-order valence-electron chi connectivity index (χ3n) is 4.17. The van der Waals surface area contributed by atoms with Crippen LogP contribution in [0.4, 0.5) is 0 Å². The summed E-state index contributed by atoms with van der Waals surface area (Å²) in [5.74, 6) is 1.02. The van der Waals surface area contributed by atoms with Crippen LogP contribution >= 0.6 is 27.5 Å². The molecule has 0 bridgehead atoms. The minimum absolute atomic E-state index is 0.125. The van der Waals surface area contributed by atoms with E-state index in [-0.39, 0.29) is 4.90 Å². The molecule has 0 radical (unpaired) electrons. The lowest BCUT2D eigenvalue weighted by Crippen LogP contribution is -2.19. The van der Waals surface area contributed by atoms with E-state index in [4.69, 9.17) is 21.1 Å². The summed E-state index contributed by atoms with van der Waals surface area (Å²) in [6, 6.07) is 9.76. The summed E-state index contributed by atoms with van der Waals surface area (Å²) in [6.45, 7) is 1.12. The van der Waals surface area contributed by atoms with Crippen LogP contribution in [0.25, 0.3) is 10.9 Å².